The molecule has 0 aliphatic rings. The fourth-order valence-corrected chi connectivity index (χ4v) is 4.63. The summed E-state index contributed by atoms with van der Waals surface area (Å²) in [6.07, 6.45) is 1.39. The molecule has 2 aromatic rings. The normalized spacial score (nSPS) is 12.2. The van der Waals surface area contributed by atoms with Gasteiger partial charge in [-0.3, -0.25) is 13.9 Å². The van der Waals surface area contributed by atoms with Crippen LogP contribution < -0.4 is 9.62 Å². The van der Waals surface area contributed by atoms with Gasteiger partial charge in [0.1, 0.15) is 12.6 Å². The maximum atomic E-state index is 13.4. The van der Waals surface area contributed by atoms with Gasteiger partial charge in [-0.05, 0) is 54.8 Å². The van der Waals surface area contributed by atoms with E-state index in [0.29, 0.717) is 27.7 Å². The number of rotatable bonds is 9. The third-order valence-electron chi connectivity index (χ3n) is 5.01. The van der Waals surface area contributed by atoms with E-state index in [1.807, 2.05) is 0 Å². The number of nitrogens with zero attached hydrogens (tertiary/aromatic N) is 2. The van der Waals surface area contributed by atoms with E-state index in [2.05, 4.69) is 5.32 Å². The number of benzene rings is 2. The van der Waals surface area contributed by atoms with Crippen LogP contribution in [0.25, 0.3) is 0 Å². The van der Waals surface area contributed by atoms with Gasteiger partial charge in [-0.2, -0.15) is 0 Å². The standard InChI is InChI=1S/C22H27Cl2N3O4S/c1-5-19(22(29)25-3)26(13-16-6-8-17(23)9-7-16)21(28)14-27(32(4,30)31)20-11-10-18(24)12-15(20)2/h6-12,19H,5,13-14H2,1-4H3,(H,25,29)/t19-/m0/s1. The summed E-state index contributed by atoms with van der Waals surface area (Å²) in [4.78, 5) is 27.3. The number of aryl methyl sites for hydroxylation is 1. The van der Waals surface area contributed by atoms with Crippen LogP contribution in [0.4, 0.5) is 5.69 Å². The first-order valence-corrected chi connectivity index (χ1v) is 12.6. The Morgan fingerprint density at radius 1 is 1.06 bits per heavy atom. The highest BCUT2D eigenvalue weighted by molar-refractivity contribution is 7.92. The van der Waals surface area contributed by atoms with Crippen molar-refractivity contribution in [3.8, 4) is 0 Å². The van der Waals surface area contributed by atoms with E-state index in [9.17, 15) is 18.0 Å². The van der Waals surface area contributed by atoms with Crippen molar-refractivity contribution in [1.82, 2.24) is 10.2 Å². The minimum Gasteiger partial charge on any atom is -0.357 e. The number of anilines is 1. The van der Waals surface area contributed by atoms with Crippen LogP contribution >= 0.6 is 23.2 Å². The Morgan fingerprint density at radius 2 is 1.66 bits per heavy atom. The number of carbonyl (C=O) groups excluding carboxylic acids is 2. The lowest BCUT2D eigenvalue weighted by Crippen LogP contribution is -2.51. The molecule has 0 fully saturated rings. The first-order valence-electron chi connectivity index (χ1n) is 9.97. The molecule has 0 aliphatic heterocycles. The second kappa shape index (κ2) is 11.0. The Bertz CT molecular complexity index is 1080. The van der Waals surface area contributed by atoms with Gasteiger partial charge in [0.05, 0.1) is 11.9 Å². The van der Waals surface area contributed by atoms with Crippen LogP contribution in [-0.4, -0.2) is 51.0 Å². The van der Waals surface area contributed by atoms with Gasteiger partial charge in [-0.15, -0.1) is 0 Å². The number of hydrogen-bond acceptors (Lipinski definition) is 4. The Labute approximate surface area is 199 Å². The number of hydrogen-bond donors (Lipinski definition) is 1. The molecule has 10 heteroatoms. The van der Waals surface area contributed by atoms with Crippen molar-refractivity contribution in [2.24, 2.45) is 0 Å². The monoisotopic (exact) mass is 499 g/mol. The molecular formula is C22H27Cl2N3O4S. The quantitative estimate of drug-likeness (QED) is 0.570. The molecule has 2 rings (SSSR count). The molecule has 32 heavy (non-hydrogen) atoms. The smallest absolute Gasteiger partial charge is 0.244 e. The number of carbonyl (C=O) groups is 2. The predicted molar refractivity (Wildman–Crippen MR) is 129 cm³/mol. The van der Waals surface area contributed by atoms with E-state index in [-0.39, 0.29) is 12.5 Å². The van der Waals surface area contributed by atoms with Crippen molar-refractivity contribution in [3.63, 3.8) is 0 Å². The second-order valence-electron chi connectivity index (χ2n) is 7.39. The van der Waals surface area contributed by atoms with Crippen molar-refractivity contribution in [2.75, 3.05) is 24.2 Å². The number of likely N-dealkylation sites (N-methyl/N-ethyl adjacent to an activating group) is 1. The number of amides is 2. The summed E-state index contributed by atoms with van der Waals surface area (Å²) < 4.78 is 26.2. The average Bonchev–Trinajstić information content (AvgIpc) is 2.72. The lowest BCUT2D eigenvalue weighted by atomic mass is 10.1. The van der Waals surface area contributed by atoms with Crippen LogP contribution in [0.1, 0.15) is 24.5 Å². The molecule has 0 saturated carbocycles. The fraction of sp³-hybridized carbons (Fsp3) is 0.364. The molecule has 0 spiro atoms. The van der Waals surface area contributed by atoms with E-state index >= 15 is 0 Å². The summed E-state index contributed by atoms with van der Waals surface area (Å²) in [6.45, 7) is 3.18. The van der Waals surface area contributed by atoms with Crippen molar-refractivity contribution in [1.29, 1.82) is 0 Å². The summed E-state index contributed by atoms with van der Waals surface area (Å²) in [5, 5.41) is 3.58. The zero-order valence-electron chi connectivity index (χ0n) is 18.4. The van der Waals surface area contributed by atoms with Crippen LogP contribution in [-0.2, 0) is 26.2 Å². The summed E-state index contributed by atoms with van der Waals surface area (Å²) >= 11 is 12.0. The minimum atomic E-state index is -3.79. The van der Waals surface area contributed by atoms with Crippen molar-refractivity contribution >= 4 is 50.7 Å². The second-order valence-corrected chi connectivity index (χ2v) is 10.2. The Morgan fingerprint density at radius 3 is 2.16 bits per heavy atom. The van der Waals surface area contributed by atoms with E-state index in [0.717, 1.165) is 16.1 Å². The highest BCUT2D eigenvalue weighted by atomic mass is 35.5. The first kappa shape index (κ1) is 26.0. The molecule has 0 aliphatic carbocycles. The fourth-order valence-electron chi connectivity index (χ4n) is 3.37. The van der Waals surface area contributed by atoms with E-state index in [4.69, 9.17) is 23.2 Å². The zero-order chi connectivity index (χ0) is 24.1. The molecule has 7 nitrogen and oxygen atoms in total. The largest absolute Gasteiger partial charge is 0.357 e. The number of nitrogens with one attached hydrogen (secondary N) is 1. The lowest BCUT2D eigenvalue weighted by molar-refractivity contribution is -0.140. The molecule has 0 saturated heterocycles. The molecule has 174 valence electrons. The van der Waals surface area contributed by atoms with E-state index in [1.54, 1.807) is 56.3 Å². The molecule has 0 bridgehead atoms. The van der Waals surface area contributed by atoms with Crippen LogP contribution in [0.5, 0.6) is 0 Å². The maximum absolute atomic E-state index is 13.4. The third-order valence-corrected chi connectivity index (χ3v) is 6.62. The Hall–Kier alpha value is -2.29. The summed E-state index contributed by atoms with van der Waals surface area (Å²) in [5.74, 6) is -0.835. The summed E-state index contributed by atoms with van der Waals surface area (Å²) in [5.41, 5.74) is 1.72. The number of sulfonamides is 1. The van der Waals surface area contributed by atoms with E-state index < -0.39 is 28.5 Å². The Balaban J connectivity index is 2.45. The van der Waals surface area contributed by atoms with Gasteiger partial charge in [0.15, 0.2) is 0 Å². The van der Waals surface area contributed by atoms with Crippen molar-refractivity contribution in [3.05, 3.63) is 63.6 Å². The maximum Gasteiger partial charge on any atom is 0.244 e. The van der Waals surface area contributed by atoms with Gasteiger partial charge in [-0.25, -0.2) is 8.42 Å². The molecule has 1 N–H and O–H groups in total. The average molecular weight is 500 g/mol. The molecule has 0 unspecified atom stereocenters. The van der Waals surface area contributed by atoms with Gasteiger partial charge < -0.3 is 10.2 Å². The molecule has 2 amide bonds. The van der Waals surface area contributed by atoms with Crippen molar-refractivity contribution < 1.29 is 18.0 Å². The summed E-state index contributed by atoms with van der Waals surface area (Å²) in [7, 11) is -2.30. The van der Waals surface area contributed by atoms with Crippen LogP contribution in [0.15, 0.2) is 42.5 Å². The van der Waals surface area contributed by atoms with Gasteiger partial charge in [0.25, 0.3) is 0 Å². The molecule has 2 aromatic carbocycles. The SMILES string of the molecule is CC[C@@H](C(=O)NC)N(Cc1ccc(Cl)cc1)C(=O)CN(c1ccc(Cl)cc1C)S(C)(=O)=O. The van der Waals surface area contributed by atoms with Crippen molar-refractivity contribution in [2.45, 2.75) is 32.9 Å². The molecule has 1 atom stereocenters. The van der Waals surface area contributed by atoms with Crippen LogP contribution in [0.3, 0.4) is 0 Å². The highest BCUT2D eigenvalue weighted by Gasteiger charge is 2.31. The van der Waals surface area contributed by atoms with E-state index in [1.165, 1.54) is 11.9 Å². The molecular weight excluding hydrogens is 473 g/mol. The lowest BCUT2D eigenvalue weighted by Gasteiger charge is -2.33. The molecule has 0 heterocycles. The summed E-state index contributed by atoms with van der Waals surface area (Å²) in [6, 6.07) is 10.9. The molecule has 0 aromatic heterocycles. The van der Waals surface area contributed by atoms with Gasteiger partial charge in [0, 0.05) is 23.6 Å². The van der Waals surface area contributed by atoms with Gasteiger partial charge >= 0.3 is 0 Å². The Kier molecular flexibility index (Phi) is 8.95. The topological polar surface area (TPSA) is 86.8 Å². The first-order chi connectivity index (χ1) is 15.0. The minimum absolute atomic E-state index is 0.124. The number of halogens is 2. The third kappa shape index (κ3) is 6.60. The van der Waals surface area contributed by atoms with Crippen LogP contribution in [0, 0.1) is 6.92 Å². The van der Waals surface area contributed by atoms with Gasteiger partial charge in [-0.1, -0.05) is 42.3 Å². The zero-order valence-corrected chi connectivity index (χ0v) is 20.8. The highest BCUT2D eigenvalue weighted by Crippen LogP contribution is 2.26. The predicted octanol–water partition coefficient (Wildman–Crippen LogP) is 3.62. The van der Waals surface area contributed by atoms with Crippen LogP contribution in [0.2, 0.25) is 10.0 Å². The molecule has 0 radical (unpaired) electrons. The van der Waals surface area contributed by atoms with Gasteiger partial charge in [0.2, 0.25) is 21.8 Å².